The van der Waals surface area contributed by atoms with Gasteiger partial charge in [-0.2, -0.15) is 0 Å². The summed E-state index contributed by atoms with van der Waals surface area (Å²) in [6, 6.07) is 72.6. The topological polar surface area (TPSA) is 42.4 Å². The quantitative estimate of drug-likeness (QED) is 0.164. The number of nitrogens with zero attached hydrogens (tertiary/aromatic N) is 2. The maximum Gasteiger partial charge on any atom is 0.227 e. The summed E-state index contributed by atoms with van der Waals surface area (Å²) in [5.41, 5.74) is 14.2. The van der Waals surface area contributed by atoms with Gasteiger partial charge in [0.15, 0.2) is 5.58 Å². The number of oxazole rings is 1. The first-order valence-corrected chi connectivity index (χ1v) is 19.2. The Morgan fingerprint density at radius 1 is 0.351 bits per heavy atom. The Morgan fingerprint density at radius 2 is 0.930 bits per heavy atom. The van der Waals surface area contributed by atoms with Gasteiger partial charge in [-0.3, -0.25) is 0 Å². The van der Waals surface area contributed by atoms with E-state index < -0.39 is 0 Å². The van der Waals surface area contributed by atoms with Gasteiger partial charge in [-0.25, -0.2) is 4.98 Å². The molecule has 0 aliphatic carbocycles. The molecule has 268 valence electrons. The summed E-state index contributed by atoms with van der Waals surface area (Å²) in [5, 5.41) is 4.52. The van der Waals surface area contributed by atoms with Crippen LogP contribution in [0.25, 0.3) is 88.6 Å². The van der Waals surface area contributed by atoms with Gasteiger partial charge in [0.1, 0.15) is 16.7 Å². The molecule has 0 aliphatic rings. The van der Waals surface area contributed by atoms with Crippen LogP contribution in [0.5, 0.6) is 0 Å². The average molecular weight is 731 g/mol. The molecule has 0 atom stereocenters. The first-order chi connectivity index (χ1) is 28.2. The van der Waals surface area contributed by atoms with Crippen LogP contribution in [0.2, 0.25) is 0 Å². The Kier molecular flexibility index (Phi) is 7.78. The van der Waals surface area contributed by atoms with Crippen molar-refractivity contribution in [1.29, 1.82) is 0 Å². The molecular weight excluding hydrogens is 697 g/mol. The molecule has 2 heterocycles. The van der Waals surface area contributed by atoms with E-state index in [9.17, 15) is 0 Å². The Bertz CT molecular complexity index is 3220. The summed E-state index contributed by atoms with van der Waals surface area (Å²) >= 11 is 0. The van der Waals surface area contributed by atoms with Crippen molar-refractivity contribution in [2.45, 2.75) is 0 Å². The van der Waals surface area contributed by atoms with E-state index in [0.29, 0.717) is 11.5 Å². The van der Waals surface area contributed by atoms with Gasteiger partial charge in [-0.05, 0) is 105 Å². The standard InChI is InChI=1S/C53H34N2O2/c1-3-11-35(12-4-1)37-21-26-43(27-22-37)55(49-18-10-9-17-45(49)42-20-19-36-13-7-8-16-40(36)31-42)44-28-23-38(24-29-44)41-25-30-46-47-33-48-52(34-51(47)56-50(46)32-41)57-53(54-48)39-14-5-2-6-15-39/h1-34H. The van der Waals surface area contributed by atoms with E-state index in [1.807, 2.05) is 36.4 Å². The molecular formula is C53H34N2O2. The van der Waals surface area contributed by atoms with Crippen LogP contribution in [-0.4, -0.2) is 4.98 Å². The van der Waals surface area contributed by atoms with Crippen LogP contribution in [0.15, 0.2) is 215 Å². The van der Waals surface area contributed by atoms with Gasteiger partial charge in [0, 0.05) is 39.3 Å². The normalized spacial score (nSPS) is 11.5. The highest BCUT2D eigenvalue weighted by atomic mass is 16.4. The van der Waals surface area contributed by atoms with E-state index in [2.05, 4.69) is 175 Å². The van der Waals surface area contributed by atoms with E-state index in [0.717, 1.165) is 66.8 Å². The maximum absolute atomic E-state index is 6.44. The molecule has 0 radical (unpaired) electrons. The van der Waals surface area contributed by atoms with Crippen molar-refractivity contribution >= 4 is 60.9 Å². The van der Waals surface area contributed by atoms with Crippen molar-refractivity contribution in [2.24, 2.45) is 0 Å². The second kappa shape index (κ2) is 13.6. The highest BCUT2D eigenvalue weighted by Gasteiger charge is 2.19. The van der Waals surface area contributed by atoms with Gasteiger partial charge >= 0.3 is 0 Å². The molecule has 0 N–H and O–H groups in total. The van der Waals surface area contributed by atoms with Gasteiger partial charge in [0.05, 0.1) is 5.69 Å². The minimum Gasteiger partial charge on any atom is -0.456 e. The van der Waals surface area contributed by atoms with Crippen LogP contribution in [0.1, 0.15) is 0 Å². The fourth-order valence-electron chi connectivity index (χ4n) is 8.02. The van der Waals surface area contributed by atoms with Crippen LogP contribution in [-0.2, 0) is 0 Å². The minimum atomic E-state index is 0.605. The number of hydrogen-bond acceptors (Lipinski definition) is 4. The minimum absolute atomic E-state index is 0.605. The zero-order chi connectivity index (χ0) is 37.7. The van der Waals surface area contributed by atoms with Crippen LogP contribution >= 0.6 is 0 Å². The third-order valence-electron chi connectivity index (χ3n) is 10.9. The van der Waals surface area contributed by atoms with Gasteiger partial charge in [-0.15, -0.1) is 0 Å². The fraction of sp³-hybridized carbons (Fsp3) is 0. The van der Waals surface area contributed by atoms with Crippen molar-refractivity contribution in [1.82, 2.24) is 4.98 Å². The summed E-state index contributed by atoms with van der Waals surface area (Å²) in [6.07, 6.45) is 0. The lowest BCUT2D eigenvalue weighted by Gasteiger charge is -2.28. The van der Waals surface area contributed by atoms with Crippen molar-refractivity contribution in [2.75, 3.05) is 4.90 Å². The Morgan fingerprint density at radius 3 is 1.68 bits per heavy atom. The number of rotatable bonds is 7. The Balaban J connectivity index is 0.973. The molecule has 0 saturated heterocycles. The predicted molar refractivity (Wildman–Crippen MR) is 235 cm³/mol. The van der Waals surface area contributed by atoms with Crippen molar-refractivity contribution in [3.63, 3.8) is 0 Å². The lowest BCUT2D eigenvalue weighted by Crippen LogP contribution is -2.11. The Hall–Kier alpha value is -7.69. The van der Waals surface area contributed by atoms with Crippen molar-refractivity contribution in [3.8, 4) is 44.8 Å². The summed E-state index contributed by atoms with van der Waals surface area (Å²) in [5.74, 6) is 0.605. The molecule has 0 spiro atoms. The molecule has 4 nitrogen and oxygen atoms in total. The van der Waals surface area contributed by atoms with Crippen molar-refractivity contribution < 1.29 is 8.83 Å². The molecule has 2 aromatic heterocycles. The number of hydrogen-bond donors (Lipinski definition) is 0. The largest absolute Gasteiger partial charge is 0.456 e. The molecule has 0 fully saturated rings. The highest BCUT2D eigenvalue weighted by molar-refractivity contribution is 6.09. The van der Waals surface area contributed by atoms with Crippen LogP contribution in [0, 0.1) is 0 Å². The molecule has 4 heteroatoms. The molecule has 9 aromatic carbocycles. The molecule has 0 bridgehead atoms. The second-order valence-corrected chi connectivity index (χ2v) is 14.4. The molecule has 0 aliphatic heterocycles. The monoisotopic (exact) mass is 730 g/mol. The van der Waals surface area contributed by atoms with Gasteiger partial charge in [0.2, 0.25) is 5.89 Å². The number of benzene rings is 9. The predicted octanol–water partition coefficient (Wildman–Crippen LogP) is 15.0. The summed E-state index contributed by atoms with van der Waals surface area (Å²) in [7, 11) is 0. The lowest BCUT2D eigenvalue weighted by molar-refractivity contribution is 0.617. The van der Waals surface area contributed by atoms with E-state index in [1.54, 1.807) is 0 Å². The van der Waals surface area contributed by atoms with Gasteiger partial charge in [0.25, 0.3) is 0 Å². The van der Waals surface area contributed by atoms with Gasteiger partial charge in [-0.1, -0.05) is 133 Å². The maximum atomic E-state index is 6.44. The van der Waals surface area contributed by atoms with Crippen molar-refractivity contribution in [3.05, 3.63) is 206 Å². The number of fused-ring (bicyclic) bond motifs is 5. The smallest absolute Gasteiger partial charge is 0.227 e. The number of aromatic nitrogens is 1. The highest BCUT2D eigenvalue weighted by Crippen LogP contribution is 2.43. The number of anilines is 3. The summed E-state index contributed by atoms with van der Waals surface area (Å²) in [6.45, 7) is 0. The summed E-state index contributed by atoms with van der Waals surface area (Å²) in [4.78, 5) is 7.15. The third-order valence-corrected chi connectivity index (χ3v) is 10.9. The van der Waals surface area contributed by atoms with Crippen LogP contribution in [0.4, 0.5) is 17.1 Å². The zero-order valence-electron chi connectivity index (χ0n) is 30.8. The fourth-order valence-corrected chi connectivity index (χ4v) is 8.02. The SMILES string of the molecule is c1ccc(-c2ccc(N(c3ccc(-c4ccc5c(c4)oc4cc6oc(-c7ccccc7)nc6cc45)cc3)c3ccccc3-c3ccc4ccccc4c3)cc2)cc1. The second-order valence-electron chi connectivity index (χ2n) is 14.4. The van der Waals surface area contributed by atoms with E-state index in [4.69, 9.17) is 13.8 Å². The molecule has 11 aromatic rings. The summed E-state index contributed by atoms with van der Waals surface area (Å²) < 4.78 is 12.6. The first-order valence-electron chi connectivity index (χ1n) is 19.2. The molecule has 11 rings (SSSR count). The van der Waals surface area contributed by atoms with E-state index in [-0.39, 0.29) is 0 Å². The van der Waals surface area contributed by atoms with Gasteiger partial charge < -0.3 is 13.7 Å². The molecule has 0 saturated carbocycles. The van der Waals surface area contributed by atoms with E-state index >= 15 is 0 Å². The molecule has 0 amide bonds. The van der Waals surface area contributed by atoms with Crippen LogP contribution < -0.4 is 4.90 Å². The average Bonchev–Trinajstić information content (AvgIpc) is 3.87. The van der Waals surface area contributed by atoms with E-state index in [1.165, 1.54) is 27.5 Å². The van der Waals surface area contributed by atoms with Crippen LogP contribution in [0.3, 0.4) is 0 Å². The zero-order valence-corrected chi connectivity index (χ0v) is 30.8. The lowest BCUT2D eigenvalue weighted by atomic mass is 9.98. The first kappa shape index (κ1) is 32.7. The number of furan rings is 1. The Labute approximate surface area is 329 Å². The number of para-hydroxylation sites is 1. The third kappa shape index (κ3) is 5.92. The molecule has 57 heavy (non-hydrogen) atoms. The molecule has 0 unspecified atom stereocenters.